The molecule has 0 spiro atoms. The van der Waals surface area contributed by atoms with Gasteiger partial charge in [-0.05, 0) is 32.3 Å². The van der Waals surface area contributed by atoms with E-state index in [9.17, 15) is 14.9 Å². The molecule has 7 heteroatoms. The summed E-state index contributed by atoms with van der Waals surface area (Å²) < 4.78 is 0. The molecule has 0 saturated carbocycles. The molecule has 0 aliphatic carbocycles. The van der Waals surface area contributed by atoms with Crippen LogP contribution >= 0.6 is 12.4 Å². The number of halogens is 1. The Kier molecular flexibility index (Phi) is 5.03. The van der Waals surface area contributed by atoms with Gasteiger partial charge in [-0.1, -0.05) is 12.1 Å². The van der Waals surface area contributed by atoms with E-state index < -0.39 is 4.92 Å². The number of nitro benzene ring substituents is 1. The first kappa shape index (κ1) is 16.7. The fourth-order valence-electron chi connectivity index (χ4n) is 3.37. The van der Waals surface area contributed by atoms with Gasteiger partial charge in [0, 0.05) is 30.7 Å². The normalized spacial score (nSPS) is 23.6. The van der Waals surface area contributed by atoms with Crippen molar-refractivity contribution in [3.8, 4) is 0 Å². The van der Waals surface area contributed by atoms with Gasteiger partial charge < -0.3 is 10.2 Å². The van der Waals surface area contributed by atoms with E-state index in [0.29, 0.717) is 30.7 Å². The van der Waals surface area contributed by atoms with Crippen molar-refractivity contribution in [1.82, 2.24) is 10.2 Å². The van der Waals surface area contributed by atoms with Gasteiger partial charge in [-0.15, -0.1) is 12.4 Å². The summed E-state index contributed by atoms with van der Waals surface area (Å²) in [5.41, 5.74) is 0.669. The number of hydrogen-bond donors (Lipinski definition) is 1. The summed E-state index contributed by atoms with van der Waals surface area (Å²) in [5.74, 6) is -0.222. The maximum absolute atomic E-state index is 12.7. The molecule has 3 rings (SSSR count). The van der Waals surface area contributed by atoms with Gasteiger partial charge in [-0.3, -0.25) is 14.9 Å². The van der Waals surface area contributed by atoms with Crippen molar-refractivity contribution in [2.24, 2.45) is 0 Å². The smallest absolute Gasteiger partial charge is 0.285 e. The molecular weight excluding hydrogens is 306 g/mol. The zero-order chi connectivity index (χ0) is 15.0. The van der Waals surface area contributed by atoms with Gasteiger partial charge in [-0.2, -0.15) is 0 Å². The van der Waals surface area contributed by atoms with Crippen LogP contribution < -0.4 is 5.32 Å². The molecule has 1 aromatic carbocycles. The highest BCUT2D eigenvalue weighted by molar-refractivity contribution is 5.98. The van der Waals surface area contributed by atoms with Gasteiger partial charge in [0.25, 0.3) is 11.6 Å². The molecule has 1 aromatic rings. The standard InChI is InChI=1S/C15H19N3O3.ClH/c1-10-3-2-4-13(14(10)18(20)21)15(19)17-8-7-11-5-6-12(9-17)16-11;/h2-4,11-12,16H,5-9H2,1H3;1H. The SMILES string of the molecule is Cc1cccc(C(=O)N2CCC3CCC(C2)N3)c1[N+](=O)[O-].Cl. The number of likely N-dealkylation sites (tertiary alicyclic amines) is 1. The van der Waals surface area contributed by atoms with Crippen molar-refractivity contribution in [2.45, 2.75) is 38.3 Å². The number of para-hydroxylation sites is 1. The van der Waals surface area contributed by atoms with Crippen LogP contribution in [-0.4, -0.2) is 40.9 Å². The Balaban J connectivity index is 0.00000176. The van der Waals surface area contributed by atoms with E-state index >= 15 is 0 Å². The minimum absolute atomic E-state index is 0. The summed E-state index contributed by atoms with van der Waals surface area (Å²) in [7, 11) is 0. The van der Waals surface area contributed by atoms with E-state index in [1.807, 2.05) is 0 Å². The van der Waals surface area contributed by atoms with Crippen LogP contribution in [0.1, 0.15) is 35.2 Å². The quantitative estimate of drug-likeness (QED) is 0.668. The topological polar surface area (TPSA) is 75.5 Å². The molecule has 1 amide bonds. The molecule has 2 saturated heterocycles. The maximum atomic E-state index is 12.7. The lowest BCUT2D eigenvalue weighted by atomic mass is 10.0. The lowest BCUT2D eigenvalue weighted by molar-refractivity contribution is -0.385. The second-order valence-corrected chi connectivity index (χ2v) is 5.91. The van der Waals surface area contributed by atoms with Crippen LogP contribution in [0, 0.1) is 17.0 Å². The van der Waals surface area contributed by atoms with Crippen LogP contribution in [-0.2, 0) is 0 Å². The first-order valence-electron chi connectivity index (χ1n) is 7.35. The number of nitro groups is 1. The van der Waals surface area contributed by atoms with Crippen molar-refractivity contribution in [3.05, 3.63) is 39.4 Å². The second kappa shape index (κ2) is 6.62. The van der Waals surface area contributed by atoms with E-state index in [1.54, 1.807) is 30.0 Å². The number of benzene rings is 1. The number of carbonyl (C=O) groups excluding carboxylic acids is 1. The molecule has 0 radical (unpaired) electrons. The predicted molar refractivity (Wildman–Crippen MR) is 85.5 cm³/mol. The van der Waals surface area contributed by atoms with Gasteiger partial charge in [0.2, 0.25) is 0 Å². The molecule has 2 unspecified atom stereocenters. The first-order chi connectivity index (χ1) is 10.1. The highest BCUT2D eigenvalue weighted by atomic mass is 35.5. The molecule has 2 fully saturated rings. The summed E-state index contributed by atoms with van der Waals surface area (Å²) in [6, 6.07) is 5.74. The predicted octanol–water partition coefficient (Wildman–Crippen LogP) is 2.29. The van der Waals surface area contributed by atoms with E-state index in [4.69, 9.17) is 0 Å². The Bertz CT molecular complexity index is 593. The third kappa shape index (κ3) is 3.08. The average molecular weight is 326 g/mol. The Morgan fingerprint density at radius 3 is 2.77 bits per heavy atom. The third-order valence-electron chi connectivity index (χ3n) is 4.46. The largest absolute Gasteiger partial charge is 0.337 e. The Morgan fingerprint density at radius 2 is 2.05 bits per heavy atom. The van der Waals surface area contributed by atoms with Crippen LogP contribution in [0.5, 0.6) is 0 Å². The van der Waals surface area contributed by atoms with Crippen molar-refractivity contribution in [1.29, 1.82) is 0 Å². The first-order valence-corrected chi connectivity index (χ1v) is 7.35. The van der Waals surface area contributed by atoms with Crippen LogP contribution in [0.2, 0.25) is 0 Å². The summed E-state index contributed by atoms with van der Waals surface area (Å²) in [4.78, 5) is 25.3. The molecule has 22 heavy (non-hydrogen) atoms. The number of rotatable bonds is 2. The molecule has 2 aliphatic heterocycles. The van der Waals surface area contributed by atoms with Crippen LogP contribution in [0.3, 0.4) is 0 Å². The molecule has 120 valence electrons. The summed E-state index contributed by atoms with van der Waals surface area (Å²) in [6.07, 6.45) is 3.16. The Labute approximate surface area is 135 Å². The van der Waals surface area contributed by atoms with Gasteiger partial charge in [-0.25, -0.2) is 0 Å². The summed E-state index contributed by atoms with van der Waals surface area (Å²) in [6.45, 7) is 2.97. The summed E-state index contributed by atoms with van der Waals surface area (Å²) in [5, 5.41) is 14.8. The fraction of sp³-hybridized carbons (Fsp3) is 0.533. The van der Waals surface area contributed by atoms with Gasteiger partial charge in [0.15, 0.2) is 0 Å². The van der Waals surface area contributed by atoms with Crippen molar-refractivity contribution < 1.29 is 9.72 Å². The second-order valence-electron chi connectivity index (χ2n) is 5.91. The lowest BCUT2D eigenvalue weighted by Crippen LogP contribution is -2.39. The molecule has 2 aliphatic rings. The van der Waals surface area contributed by atoms with Gasteiger partial charge >= 0.3 is 0 Å². The monoisotopic (exact) mass is 325 g/mol. The van der Waals surface area contributed by atoms with Crippen LogP contribution in [0.15, 0.2) is 18.2 Å². The van der Waals surface area contributed by atoms with Gasteiger partial charge in [0.1, 0.15) is 5.56 Å². The van der Waals surface area contributed by atoms with E-state index in [-0.39, 0.29) is 29.6 Å². The number of nitrogens with one attached hydrogen (secondary N) is 1. The van der Waals surface area contributed by atoms with Crippen LogP contribution in [0.25, 0.3) is 0 Å². The van der Waals surface area contributed by atoms with Gasteiger partial charge in [0.05, 0.1) is 4.92 Å². The van der Waals surface area contributed by atoms with E-state index in [0.717, 1.165) is 19.3 Å². The lowest BCUT2D eigenvalue weighted by Gasteiger charge is -2.24. The molecule has 6 nitrogen and oxygen atoms in total. The molecule has 2 bridgehead atoms. The number of nitrogens with zero attached hydrogens (tertiary/aromatic N) is 2. The van der Waals surface area contributed by atoms with Crippen molar-refractivity contribution in [3.63, 3.8) is 0 Å². The Hall–Kier alpha value is -1.66. The zero-order valence-electron chi connectivity index (χ0n) is 12.4. The van der Waals surface area contributed by atoms with Crippen molar-refractivity contribution in [2.75, 3.05) is 13.1 Å². The molecule has 0 aromatic heterocycles. The number of carbonyl (C=O) groups is 1. The number of hydrogen-bond acceptors (Lipinski definition) is 4. The minimum atomic E-state index is -0.454. The molecule has 2 atom stereocenters. The highest BCUT2D eigenvalue weighted by Crippen LogP contribution is 2.27. The van der Waals surface area contributed by atoms with E-state index in [2.05, 4.69) is 5.32 Å². The maximum Gasteiger partial charge on any atom is 0.285 e. The average Bonchev–Trinajstić information content (AvgIpc) is 2.77. The highest BCUT2D eigenvalue weighted by Gasteiger charge is 2.33. The van der Waals surface area contributed by atoms with Crippen LogP contribution in [0.4, 0.5) is 5.69 Å². The number of fused-ring (bicyclic) bond motifs is 2. The molecular formula is C15H20ClN3O3. The number of amides is 1. The molecule has 2 heterocycles. The Morgan fingerprint density at radius 1 is 1.32 bits per heavy atom. The third-order valence-corrected chi connectivity index (χ3v) is 4.46. The minimum Gasteiger partial charge on any atom is -0.337 e. The van der Waals surface area contributed by atoms with E-state index in [1.165, 1.54) is 0 Å². The fourth-order valence-corrected chi connectivity index (χ4v) is 3.37. The number of aryl methyl sites for hydroxylation is 1. The zero-order valence-corrected chi connectivity index (χ0v) is 13.3. The van der Waals surface area contributed by atoms with Crippen molar-refractivity contribution >= 4 is 24.0 Å². The molecule has 1 N–H and O–H groups in total. The summed E-state index contributed by atoms with van der Waals surface area (Å²) >= 11 is 0.